The molecule has 1 aromatic carbocycles. The van der Waals surface area contributed by atoms with Gasteiger partial charge in [-0.15, -0.1) is 11.3 Å². The summed E-state index contributed by atoms with van der Waals surface area (Å²) in [5.41, 5.74) is 0.452. The molecule has 0 bridgehead atoms. The Bertz CT molecular complexity index is 873. The number of carbonyl (C=O) groups is 1. The number of rotatable bonds is 5. The van der Waals surface area contributed by atoms with Crippen LogP contribution in [-0.2, 0) is 17.8 Å². The van der Waals surface area contributed by atoms with Gasteiger partial charge in [-0.3, -0.25) is 4.79 Å². The van der Waals surface area contributed by atoms with Crippen molar-refractivity contribution in [3.8, 4) is 5.75 Å². The maximum atomic E-state index is 11.8. The summed E-state index contributed by atoms with van der Waals surface area (Å²) in [5.74, 6) is -0.116. The molecule has 0 saturated carbocycles. The van der Waals surface area contributed by atoms with E-state index in [0.29, 0.717) is 27.4 Å². The molecule has 0 amide bonds. The molecule has 3 aromatic rings. The van der Waals surface area contributed by atoms with E-state index in [1.165, 1.54) is 11.3 Å². The number of nitrogens with one attached hydrogen (secondary N) is 1. The minimum Gasteiger partial charge on any atom is -0.550 e. The van der Waals surface area contributed by atoms with Crippen LogP contribution in [0.4, 0.5) is 0 Å². The summed E-state index contributed by atoms with van der Waals surface area (Å²) in [4.78, 5) is 30.0. The van der Waals surface area contributed by atoms with E-state index in [9.17, 15) is 14.7 Å². The predicted octanol–water partition coefficient (Wildman–Crippen LogP) is -2.14. The third-order valence-corrected chi connectivity index (χ3v) is 3.84. The number of nitrogens with zero attached hydrogens (tertiary/aromatic N) is 1. The van der Waals surface area contributed by atoms with Crippen molar-refractivity contribution in [2.24, 2.45) is 0 Å². The van der Waals surface area contributed by atoms with Crippen molar-refractivity contribution >= 4 is 27.5 Å². The zero-order valence-corrected chi connectivity index (χ0v) is 15.2. The summed E-state index contributed by atoms with van der Waals surface area (Å²) in [6.07, 6.45) is -0.135. The average molecular weight is 338 g/mol. The van der Waals surface area contributed by atoms with Crippen molar-refractivity contribution in [1.82, 2.24) is 9.97 Å². The van der Waals surface area contributed by atoms with Crippen LogP contribution in [0.15, 0.2) is 40.5 Å². The molecule has 0 saturated heterocycles. The summed E-state index contributed by atoms with van der Waals surface area (Å²) in [6, 6.07) is 8.38. The molecule has 0 aliphatic heterocycles. The quantitative estimate of drug-likeness (QED) is 0.536. The summed E-state index contributed by atoms with van der Waals surface area (Å²) < 4.78 is 5.54. The Hall–Kier alpha value is -1.67. The normalized spacial score (nSPS) is 10.3. The van der Waals surface area contributed by atoms with Crippen molar-refractivity contribution < 1.29 is 44.2 Å². The van der Waals surface area contributed by atoms with Crippen LogP contribution in [0, 0.1) is 0 Å². The van der Waals surface area contributed by atoms with Crippen molar-refractivity contribution in [2.75, 3.05) is 0 Å². The molecule has 0 radical (unpaired) electrons. The van der Waals surface area contributed by atoms with Gasteiger partial charge in [0.25, 0.3) is 5.56 Å². The van der Waals surface area contributed by atoms with Gasteiger partial charge in [-0.25, -0.2) is 4.98 Å². The Labute approximate surface area is 157 Å². The molecular weight excluding hydrogens is 327 g/mol. The van der Waals surface area contributed by atoms with Gasteiger partial charge in [-0.2, -0.15) is 0 Å². The summed E-state index contributed by atoms with van der Waals surface area (Å²) >= 11 is 1.40. The number of ether oxygens (including phenoxy) is 1. The smallest absolute Gasteiger partial charge is 0.550 e. The number of carboxylic acid groups (broad SMARTS) is 1. The summed E-state index contributed by atoms with van der Waals surface area (Å²) in [5, 5.41) is 12.9. The Kier molecular flexibility index (Phi) is 5.95. The molecule has 0 atom stereocenters. The number of aromatic amines is 1. The van der Waals surface area contributed by atoms with E-state index in [4.69, 9.17) is 4.74 Å². The number of hydrogen-bond donors (Lipinski definition) is 1. The topological polar surface area (TPSA) is 95.1 Å². The van der Waals surface area contributed by atoms with Gasteiger partial charge in [0.2, 0.25) is 0 Å². The van der Waals surface area contributed by atoms with E-state index in [-0.39, 0.29) is 48.1 Å². The van der Waals surface area contributed by atoms with Gasteiger partial charge in [0.1, 0.15) is 23.0 Å². The number of carboxylic acids is 1. The number of hydrogen-bond acceptors (Lipinski definition) is 6. The van der Waals surface area contributed by atoms with E-state index in [1.807, 2.05) is 5.38 Å². The Morgan fingerprint density at radius 1 is 1.26 bits per heavy atom. The third kappa shape index (κ3) is 4.42. The standard InChI is InChI=1S/C15H12N2O4S.Na/c18-13(19)7-9-1-3-10(4-2-9)21-8-12-16-14(20)11-5-6-22-15(11)17-12;/h1-6H,7-8H2,(H,18,19)(H,16,17,20);/q;+1/p-1. The van der Waals surface area contributed by atoms with Crippen LogP contribution in [0.3, 0.4) is 0 Å². The summed E-state index contributed by atoms with van der Waals surface area (Å²) in [7, 11) is 0. The first kappa shape index (κ1) is 17.7. The molecule has 23 heavy (non-hydrogen) atoms. The van der Waals surface area contributed by atoms with Gasteiger partial charge in [0, 0.05) is 12.4 Å². The minimum absolute atomic E-state index is 0. The fraction of sp³-hybridized carbons (Fsp3) is 0.133. The second-order valence-electron chi connectivity index (χ2n) is 4.63. The Balaban J connectivity index is 0.00000192. The van der Waals surface area contributed by atoms with Crippen LogP contribution in [-0.4, -0.2) is 15.9 Å². The predicted molar refractivity (Wildman–Crippen MR) is 79.7 cm³/mol. The van der Waals surface area contributed by atoms with Gasteiger partial charge in [0.15, 0.2) is 0 Å². The average Bonchev–Trinajstić information content (AvgIpc) is 2.95. The molecule has 6 nitrogen and oxygen atoms in total. The van der Waals surface area contributed by atoms with Gasteiger partial charge < -0.3 is 19.6 Å². The second-order valence-corrected chi connectivity index (χ2v) is 5.53. The van der Waals surface area contributed by atoms with E-state index >= 15 is 0 Å². The van der Waals surface area contributed by atoms with Gasteiger partial charge in [-0.1, -0.05) is 12.1 Å². The first-order valence-corrected chi connectivity index (χ1v) is 7.38. The fourth-order valence-corrected chi connectivity index (χ4v) is 2.78. The van der Waals surface area contributed by atoms with Crippen LogP contribution >= 0.6 is 11.3 Å². The van der Waals surface area contributed by atoms with Crippen molar-refractivity contribution in [1.29, 1.82) is 0 Å². The Morgan fingerprint density at radius 2 is 2.00 bits per heavy atom. The zero-order chi connectivity index (χ0) is 15.5. The van der Waals surface area contributed by atoms with Gasteiger partial charge >= 0.3 is 29.6 Å². The van der Waals surface area contributed by atoms with Crippen LogP contribution in [0.5, 0.6) is 5.75 Å². The number of aliphatic carboxylic acids is 1. The van der Waals surface area contributed by atoms with E-state index in [0.717, 1.165) is 0 Å². The first-order chi connectivity index (χ1) is 10.6. The molecule has 8 heteroatoms. The zero-order valence-electron chi connectivity index (χ0n) is 12.4. The van der Waals surface area contributed by atoms with Crippen molar-refractivity contribution in [2.45, 2.75) is 13.0 Å². The van der Waals surface area contributed by atoms with E-state index in [2.05, 4.69) is 9.97 Å². The molecule has 0 spiro atoms. The number of H-pyrrole nitrogens is 1. The van der Waals surface area contributed by atoms with Gasteiger partial charge in [0.05, 0.1) is 5.39 Å². The molecule has 1 N–H and O–H groups in total. The second kappa shape index (κ2) is 7.74. The fourth-order valence-electron chi connectivity index (χ4n) is 2.00. The number of fused-ring (bicyclic) bond motifs is 1. The molecule has 0 aliphatic carbocycles. The first-order valence-electron chi connectivity index (χ1n) is 6.50. The minimum atomic E-state index is -1.13. The van der Waals surface area contributed by atoms with Crippen molar-refractivity contribution in [3.63, 3.8) is 0 Å². The maximum Gasteiger partial charge on any atom is 1.00 e. The molecule has 112 valence electrons. The monoisotopic (exact) mass is 338 g/mol. The van der Waals surface area contributed by atoms with E-state index < -0.39 is 5.97 Å². The molecule has 2 aromatic heterocycles. The molecule has 0 unspecified atom stereocenters. The molecular formula is C15H11N2NaO4S. The van der Waals surface area contributed by atoms with Crippen LogP contribution in [0.25, 0.3) is 10.2 Å². The number of carbonyl (C=O) groups excluding carboxylic acids is 1. The van der Waals surface area contributed by atoms with Crippen LogP contribution in [0.2, 0.25) is 0 Å². The maximum absolute atomic E-state index is 11.8. The largest absolute Gasteiger partial charge is 1.00 e. The molecule has 2 heterocycles. The Morgan fingerprint density at radius 3 is 2.70 bits per heavy atom. The SMILES string of the molecule is O=C([O-])Cc1ccc(OCc2nc3sccc3c(=O)[nH]2)cc1.[Na+]. The number of benzene rings is 1. The molecule has 3 rings (SSSR count). The van der Waals surface area contributed by atoms with Crippen molar-refractivity contribution in [3.05, 3.63) is 57.5 Å². The van der Waals surface area contributed by atoms with Gasteiger partial charge in [-0.05, 0) is 29.1 Å². The summed E-state index contributed by atoms with van der Waals surface area (Å²) in [6.45, 7) is 0.128. The number of aromatic nitrogens is 2. The van der Waals surface area contributed by atoms with Crippen LogP contribution in [0.1, 0.15) is 11.4 Å². The van der Waals surface area contributed by atoms with Crippen LogP contribution < -0.4 is 45.0 Å². The number of thiophene rings is 1. The van der Waals surface area contributed by atoms with E-state index in [1.54, 1.807) is 30.3 Å². The third-order valence-electron chi connectivity index (χ3n) is 3.03. The molecule has 0 aliphatic rings. The molecule has 0 fully saturated rings.